The number of allylic oxidation sites excluding steroid dienone is 2. The van der Waals surface area contributed by atoms with E-state index in [2.05, 4.69) is 26.8 Å². The number of hydrogen-bond donors (Lipinski definition) is 23. The van der Waals surface area contributed by atoms with Crippen LogP contribution in [0.4, 0.5) is 0 Å². The SMILES string of the molecule is CC[C@H](C)[C@H](C[C@H](O)CC(=O)O[C@@H]1C(C)O[C@@H](OC(=O)[C@]23CCC(C)(C)CC2C2=CCC4[C@@]5(C)CC[C@H](O[C@@H]6OC(C(=O)O)[C@H](O)[C@H](O[C@@H]7OC[C@@H](O)[C@H](O)C7O)C6O[C@@H]6OC(CO)[C@H](O)[C@H](O)C6O)[C@@](C)(C=O)C5CC[C@@]4(C)[C@]2(C)C[C@H]3O)[C@H](O[C@@H]2OC(C)[C@H](OC3OCC(O)[C@H](O[C@@H]4OCC(O)(CO)[C@@H]4O)[C@@H]3O)[C@H](O)C2O)C1O)OC(=O)C[C@@H](O)C[C@H](OC1(O)CO[C@@H](CO)C1O)[C@@H](C)CC. The molecule has 8 aliphatic heterocycles. The summed E-state index contributed by atoms with van der Waals surface area (Å²) < 4.78 is 108. The fourth-order valence-corrected chi connectivity index (χ4v) is 24.2. The lowest BCUT2D eigenvalue weighted by Crippen LogP contribution is -2.69. The largest absolute Gasteiger partial charge is 0.479 e. The monoisotopic (exact) mass is 1990 g/mol. The van der Waals surface area contributed by atoms with Gasteiger partial charge in [-0.05, 0) is 123 Å². The summed E-state index contributed by atoms with van der Waals surface area (Å²) in [5, 5.41) is 257. The molecular weight excluding hydrogens is 1840 g/mol. The van der Waals surface area contributed by atoms with Crippen LogP contribution in [0.15, 0.2) is 11.6 Å². The van der Waals surface area contributed by atoms with Gasteiger partial charge in [0.15, 0.2) is 56.1 Å². The van der Waals surface area contributed by atoms with E-state index in [1.54, 1.807) is 27.7 Å². The third-order valence-corrected chi connectivity index (χ3v) is 33.3. The highest BCUT2D eigenvalue weighted by Crippen LogP contribution is 2.76. The second kappa shape index (κ2) is 43.7. The molecule has 792 valence electrons. The zero-order valence-electron chi connectivity index (χ0n) is 79.7. The van der Waals surface area contributed by atoms with Crippen LogP contribution in [0.3, 0.4) is 0 Å². The summed E-state index contributed by atoms with van der Waals surface area (Å²) in [7, 11) is 0. The first-order valence-electron chi connectivity index (χ1n) is 48.3. The molecule has 8 heterocycles. The van der Waals surface area contributed by atoms with Gasteiger partial charge < -0.3 is 208 Å². The van der Waals surface area contributed by atoms with Crippen molar-refractivity contribution >= 4 is 30.2 Å². The number of ether oxygens (including phenoxy) is 18. The fraction of sp³-hybridized carbons (Fsp3) is 0.924. The Morgan fingerprint density at radius 3 is 1.72 bits per heavy atom. The summed E-state index contributed by atoms with van der Waals surface area (Å²) in [5.41, 5.74) is -7.71. The predicted octanol–water partition coefficient (Wildman–Crippen LogP) is -5.68. The summed E-state index contributed by atoms with van der Waals surface area (Å²) in [6.45, 7) is 17.0. The molecule has 138 heavy (non-hydrogen) atoms. The zero-order chi connectivity index (χ0) is 101. The second-order valence-electron chi connectivity index (χ2n) is 42.7. The normalized spacial score (nSPS) is 48.7. The minimum Gasteiger partial charge on any atom is -0.479 e. The first-order valence-corrected chi connectivity index (χ1v) is 48.3. The Balaban J connectivity index is 0.749. The van der Waals surface area contributed by atoms with Crippen molar-refractivity contribution in [2.75, 3.05) is 46.2 Å². The van der Waals surface area contributed by atoms with Crippen LogP contribution in [-0.2, 0) is 109 Å². The minimum absolute atomic E-state index is 0.0116. The molecule has 0 bridgehead atoms. The molecule has 0 radical (unpaired) electrons. The van der Waals surface area contributed by atoms with Gasteiger partial charge in [0.05, 0.1) is 101 Å². The number of fused-ring (bicyclic) bond motifs is 7. The van der Waals surface area contributed by atoms with E-state index in [9.17, 15) is 137 Å². The molecule has 4 saturated carbocycles. The van der Waals surface area contributed by atoms with E-state index >= 15 is 4.79 Å². The Hall–Kier alpha value is -4.19. The van der Waals surface area contributed by atoms with Crippen molar-refractivity contribution < 1.29 is 227 Å². The maximum absolute atomic E-state index is 16.4. The van der Waals surface area contributed by atoms with Crippen LogP contribution in [0.25, 0.3) is 0 Å². The van der Waals surface area contributed by atoms with Crippen LogP contribution >= 0.6 is 0 Å². The van der Waals surface area contributed by atoms with E-state index in [1.165, 1.54) is 13.8 Å². The third-order valence-electron chi connectivity index (χ3n) is 33.3. The van der Waals surface area contributed by atoms with Gasteiger partial charge >= 0.3 is 23.9 Å². The van der Waals surface area contributed by atoms with Gasteiger partial charge in [0.1, 0.15) is 152 Å². The molecule has 5 aliphatic carbocycles. The third kappa shape index (κ3) is 21.2. The Morgan fingerprint density at radius 2 is 1.09 bits per heavy atom. The molecule has 13 aliphatic rings. The van der Waals surface area contributed by atoms with Crippen LogP contribution in [-0.4, -0.2) is 439 Å². The molecule has 50 atom stereocenters. The molecular formula is C92H148O46. The molecule has 17 unspecified atom stereocenters. The molecule has 0 aromatic heterocycles. The van der Waals surface area contributed by atoms with Crippen LogP contribution < -0.4 is 0 Å². The maximum atomic E-state index is 16.4. The number of aliphatic carboxylic acids is 1. The molecule has 23 N–H and O–H groups in total. The minimum atomic E-state index is -2.27. The molecule has 46 heteroatoms. The molecule has 0 amide bonds. The number of aliphatic hydroxyl groups is 22. The van der Waals surface area contributed by atoms with Crippen molar-refractivity contribution in [2.45, 2.75) is 424 Å². The number of carbonyl (C=O) groups excluding carboxylic acids is 4. The van der Waals surface area contributed by atoms with Crippen molar-refractivity contribution in [3.63, 3.8) is 0 Å². The molecule has 8 saturated heterocycles. The average molecular weight is 1990 g/mol. The van der Waals surface area contributed by atoms with Crippen LogP contribution in [0.2, 0.25) is 0 Å². The van der Waals surface area contributed by atoms with Gasteiger partial charge in [0.2, 0.25) is 12.1 Å². The van der Waals surface area contributed by atoms with Crippen molar-refractivity contribution in [3.05, 3.63) is 11.6 Å². The van der Waals surface area contributed by atoms with Gasteiger partial charge in [0.25, 0.3) is 0 Å². The molecule has 12 fully saturated rings. The topological polar surface area (TPSA) is 717 Å². The lowest BCUT2D eigenvalue weighted by Gasteiger charge is -2.71. The first kappa shape index (κ1) is 111. The highest BCUT2D eigenvalue weighted by molar-refractivity contribution is 5.80. The summed E-state index contributed by atoms with van der Waals surface area (Å²) in [4.78, 5) is 72.1. The summed E-state index contributed by atoms with van der Waals surface area (Å²) in [6, 6.07) is 0. The molecule has 0 aromatic rings. The summed E-state index contributed by atoms with van der Waals surface area (Å²) >= 11 is 0. The van der Waals surface area contributed by atoms with Gasteiger partial charge in [0, 0.05) is 12.8 Å². The Kier molecular flexibility index (Phi) is 35.1. The Labute approximate surface area is 797 Å². The van der Waals surface area contributed by atoms with E-state index in [-0.39, 0.29) is 43.9 Å². The first-order chi connectivity index (χ1) is 64.7. The average Bonchev–Trinajstić information content (AvgIpc) is 0.747. The number of esters is 3. The number of rotatable bonds is 35. The standard InChI is InChI=1S/C92H148O46/c1-13-37(3)47(127-55(102)25-42(98)24-48(38(4)14-2)138-92(120)36-123-50(30-94)74(92)114)23-41(97)26-56(103)130-68-40(6)126-81(72(64(68)111)135-79-63(110)60(107)67(39(5)125-79)131-78-66(113)69(46(100)32-122-78)132-83-75(115)90(119,34-96)35-124-83)137-84(118)91-22-21-85(7,8)27-44(91)43-15-16-52-86(9)19-18-54(87(10,33-95)51(86)17-20-88(52,11)89(43,12)28-53(91)101)129-82-73(136-80-62(109)59(106)58(105)49(29-93)128-80)70(65(112)71(134-82)76(116)117)133-77-61(108)57(104)45(99)31-121-77/h15,33,37-42,44-54,57-75,77-83,93-94,96-101,104-115,119-120H,13-14,16-32,34-36H2,1-12H3,(H,116,117)/t37-,38-,39?,40?,41-,42-,44?,45+,46?,47-,48-,49?,50-,51?,52?,53+,54-,57-,58-,59-,60+,61?,62?,63?,64?,65+,66-,67-,68+,69-,70-,71?,72+,73?,74?,75+,77-,78?,79-,80-,81-,82+,83-,86-,87-,88+,89+,90?,91+,92?/m0/s1. The Morgan fingerprint density at radius 1 is 0.514 bits per heavy atom. The van der Waals surface area contributed by atoms with Crippen molar-refractivity contribution in [1.82, 2.24) is 0 Å². The smallest absolute Gasteiger partial charge is 0.335 e. The summed E-state index contributed by atoms with van der Waals surface area (Å²) in [5.74, 6) is -9.59. The van der Waals surface area contributed by atoms with E-state index in [0.717, 1.165) is 11.9 Å². The molecule has 13 rings (SSSR count). The highest BCUT2D eigenvalue weighted by Gasteiger charge is 2.74. The number of hydrogen-bond acceptors (Lipinski definition) is 45. The van der Waals surface area contributed by atoms with E-state index in [4.69, 9.17) is 85.3 Å². The number of carbonyl (C=O) groups is 5. The van der Waals surface area contributed by atoms with Crippen molar-refractivity contribution in [2.24, 2.45) is 62.1 Å². The van der Waals surface area contributed by atoms with E-state index in [0.29, 0.717) is 51.4 Å². The van der Waals surface area contributed by atoms with Gasteiger partial charge in [-0.15, -0.1) is 0 Å². The maximum Gasteiger partial charge on any atom is 0.335 e. The second-order valence-corrected chi connectivity index (χ2v) is 42.7. The molecule has 46 nitrogen and oxygen atoms in total. The van der Waals surface area contributed by atoms with E-state index < -0.39 is 378 Å². The number of aliphatic hydroxyl groups excluding tert-OH is 20. The molecule has 0 aromatic carbocycles. The lowest BCUT2D eigenvalue weighted by atomic mass is 9.33. The van der Waals surface area contributed by atoms with Crippen molar-refractivity contribution in [3.8, 4) is 0 Å². The number of aldehydes is 1. The predicted molar refractivity (Wildman–Crippen MR) is 458 cm³/mol. The van der Waals surface area contributed by atoms with Crippen molar-refractivity contribution in [1.29, 1.82) is 0 Å². The van der Waals surface area contributed by atoms with Crippen LogP contribution in [0, 0.1) is 62.1 Å². The van der Waals surface area contributed by atoms with Gasteiger partial charge in [-0.3, -0.25) is 14.4 Å². The summed E-state index contributed by atoms with van der Waals surface area (Å²) in [6.07, 6.45) is -64.2. The lowest BCUT2D eigenvalue weighted by molar-refractivity contribution is -0.391. The van der Waals surface area contributed by atoms with Crippen LogP contribution in [0.1, 0.15) is 179 Å². The van der Waals surface area contributed by atoms with Gasteiger partial charge in [-0.2, -0.15) is 0 Å². The highest BCUT2D eigenvalue weighted by atomic mass is 16.8. The zero-order valence-corrected chi connectivity index (χ0v) is 79.7. The number of carboxylic acid groups (broad SMARTS) is 1. The number of carboxylic acids is 1. The molecule has 0 spiro atoms. The van der Waals surface area contributed by atoms with Crippen LogP contribution in [0.5, 0.6) is 0 Å². The fourth-order valence-electron chi connectivity index (χ4n) is 24.2. The van der Waals surface area contributed by atoms with E-state index in [1.807, 2.05) is 20.8 Å². The van der Waals surface area contributed by atoms with Gasteiger partial charge in [-0.1, -0.05) is 93.7 Å². The van der Waals surface area contributed by atoms with Gasteiger partial charge in [-0.25, -0.2) is 4.79 Å². The Bertz CT molecular complexity index is 4120. The quantitative estimate of drug-likeness (QED) is 0.00702.